The largest absolute Gasteiger partial charge is 0.346 e. The number of halogens is 5. The van der Waals surface area contributed by atoms with Crippen LogP contribution < -0.4 is 0 Å². The second-order valence-electron chi connectivity index (χ2n) is 2.45. The molecule has 0 aliphatic heterocycles. The molecule has 6 heteroatoms. The van der Waals surface area contributed by atoms with Crippen LogP contribution in [-0.4, -0.2) is 11.7 Å². The Morgan fingerprint density at radius 1 is 1.14 bits per heavy atom. The van der Waals surface area contributed by atoms with Crippen LogP contribution in [0.15, 0.2) is 32.8 Å². The van der Waals surface area contributed by atoms with Crippen molar-refractivity contribution in [1.82, 2.24) is 0 Å². The zero-order valence-corrected chi connectivity index (χ0v) is 10.6. The van der Waals surface area contributed by atoms with Gasteiger partial charge in [0, 0.05) is 0 Å². The predicted molar refractivity (Wildman–Crippen MR) is 62.2 cm³/mol. The average Bonchev–Trinajstić information content (AvgIpc) is 2.32. The monoisotopic (exact) mass is 292 g/mol. The third-order valence-electron chi connectivity index (χ3n) is 1.54. The maximum atomic E-state index is 6.02. The van der Waals surface area contributed by atoms with E-state index in [1.54, 1.807) is 0 Å². The van der Waals surface area contributed by atoms with Gasteiger partial charge in [0.05, 0.1) is 26.7 Å². The molecule has 0 amide bonds. The van der Waals surface area contributed by atoms with Gasteiger partial charge in [-0.25, -0.2) is 0 Å². The van der Waals surface area contributed by atoms with E-state index >= 15 is 0 Å². The summed E-state index contributed by atoms with van der Waals surface area (Å²) in [6, 6.07) is 0. The molecular formula is C8H5Cl5O. The van der Waals surface area contributed by atoms with Gasteiger partial charge in [0.2, 0.25) is 5.06 Å². The molecule has 0 bridgehead atoms. The Bertz CT molecular complexity index is 307. The highest BCUT2D eigenvalue weighted by atomic mass is 35.5. The summed E-state index contributed by atoms with van der Waals surface area (Å²) >= 11 is 29.2. The van der Waals surface area contributed by atoms with Crippen molar-refractivity contribution in [3.05, 3.63) is 32.8 Å². The lowest BCUT2D eigenvalue weighted by atomic mass is 10.4. The van der Waals surface area contributed by atoms with Crippen LogP contribution in [0, 0.1) is 0 Å². The molecule has 1 nitrogen and oxygen atoms in total. The molecule has 0 saturated heterocycles. The van der Waals surface area contributed by atoms with Crippen LogP contribution in [0.5, 0.6) is 0 Å². The first-order valence-corrected chi connectivity index (χ1v) is 5.39. The number of ether oxygens (including phenoxy) is 1. The van der Waals surface area contributed by atoms with Gasteiger partial charge >= 0.3 is 0 Å². The van der Waals surface area contributed by atoms with Crippen molar-refractivity contribution in [2.24, 2.45) is 0 Å². The molecule has 0 fully saturated rings. The summed E-state index contributed by atoms with van der Waals surface area (Å²) < 4.78 is 5.20. The summed E-state index contributed by atoms with van der Waals surface area (Å²) in [4.78, 5) is 0. The molecule has 0 atom stereocenters. The van der Waals surface area contributed by atoms with Crippen LogP contribution in [0.3, 0.4) is 0 Å². The van der Waals surface area contributed by atoms with Gasteiger partial charge in [0.1, 0.15) is 0 Å². The minimum atomic E-state index is -1.47. The van der Waals surface area contributed by atoms with Crippen molar-refractivity contribution < 1.29 is 4.74 Å². The van der Waals surface area contributed by atoms with Gasteiger partial charge in [0.15, 0.2) is 0 Å². The first-order valence-electron chi connectivity index (χ1n) is 3.50. The van der Waals surface area contributed by atoms with Gasteiger partial charge in [-0.2, -0.15) is 0 Å². The molecule has 0 aromatic rings. The van der Waals surface area contributed by atoms with E-state index in [0.717, 1.165) is 0 Å². The van der Waals surface area contributed by atoms with E-state index < -0.39 is 5.06 Å². The highest BCUT2D eigenvalue weighted by Crippen LogP contribution is 2.52. The van der Waals surface area contributed by atoms with E-state index in [1.807, 2.05) is 0 Å². The zero-order valence-electron chi connectivity index (χ0n) is 6.79. The topological polar surface area (TPSA) is 9.23 Å². The minimum absolute atomic E-state index is 0.0673. The van der Waals surface area contributed by atoms with E-state index in [2.05, 4.69) is 6.58 Å². The highest BCUT2D eigenvalue weighted by molar-refractivity contribution is 6.57. The second kappa shape index (κ2) is 4.65. The van der Waals surface area contributed by atoms with E-state index in [1.165, 1.54) is 6.08 Å². The van der Waals surface area contributed by atoms with Gasteiger partial charge in [-0.15, -0.1) is 6.58 Å². The lowest BCUT2D eigenvalue weighted by molar-refractivity contribution is 0.106. The van der Waals surface area contributed by atoms with Crippen LogP contribution in [0.1, 0.15) is 0 Å². The second-order valence-corrected chi connectivity index (χ2v) is 4.49. The van der Waals surface area contributed by atoms with Gasteiger partial charge in [-0.1, -0.05) is 64.1 Å². The molecule has 1 aliphatic carbocycles. The zero-order chi connectivity index (χ0) is 10.9. The molecule has 1 aliphatic rings. The quantitative estimate of drug-likeness (QED) is 0.549. The molecule has 14 heavy (non-hydrogen) atoms. The van der Waals surface area contributed by atoms with E-state index in [0.29, 0.717) is 0 Å². The number of hydrogen-bond acceptors (Lipinski definition) is 1. The van der Waals surface area contributed by atoms with Gasteiger partial charge in [-0.3, -0.25) is 0 Å². The molecule has 0 radical (unpaired) electrons. The van der Waals surface area contributed by atoms with Crippen molar-refractivity contribution in [1.29, 1.82) is 0 Å². The average molecular weight is 294 g/mol. The molecule has 0 heterocycles. The van der Waals surface area contributed by atoms with E-state index in [9.17, 15) is 0 Å². The summed E-state index contributed by atoms with van der Waals surface area (Å²) in [6.45, 7) is 3.66. The fraction of sp³-hybridized carbons (Fsp3) is 0.250. The van der Waals surface area contributed by atoms with Crippen molar-refractivity contribution in [2.75, 3.05) is 6.61 Å². The Morgan fingerprint density at radius 3 is 1.93 bits per heavy atom. The molecule has 78 valence electrons. The number of allylic oxidation sites excluding steroid dienone is 2. The molecule has 0 unspecified atom stereocenters. The molecule has 0 aromatic carbocycles. The van der Waals surface area contributed by atoms with Crippen molar-refractivity contribution >= 4 is 58.0 Å². The number of alkyl halides is 1. The fourth-order valence-electron chi connectivity index (χ4n) is 0.872. The SMILES string of the molecule is C=CCOC1(Cl)C(Cl)=C(Cl)C(Cl)=C1Cl. The fourth-order valence-corrected chi connectivity index (χ4v) is 2.31. The summed E-state index contributed by atoms with van der Waals surface area (Å²) in [5, 5.41) is -1.11. The Labute approximate surface area is 107 Å². The third kappa shape index (κ3) is 1.95. The van der Waals surface area contributed by atoms with Crippen LogP contribution in [-0.2, 0) is 4.74 Å². The van der Waals surface area contributed by atoms with Crippen LogP contribution in [0.2, 0.25) is 0 Å². The standard InChI is InChI=1S/C8H5Cl5O/c1-2-3-14-8(13)6(11)4(9)5(10)7(8)12/h2H,1,3H2. The number of hydrogen-bond donors (Lipinski definition) is 0. The van der Waals surface area contributed by atoms with Gasteiger partial charge in [0.25, 0.3) is 0 Å². The molecule has 0 N–H and O–H groups in total. The highest BCUT2D eigenvalue weighted by Gasteiger charge is 2.45. The maximum Gasteiger partial charge on any atom is 0.217 e. The first kappa shape index (κ1) is 12.7. The molecule has 0 aromatic heterocycles. The van der Waals surface area contributed by atoms with Crippen LogP contribution in [0.25, 0.3) is 0 Å². The number of rotatable bonds is 3. The maximum absolute atomic E-state index is 6.02. The lowest BCUT2D eigenvalue weighted by Gasteiger charge is -2.22. The smallest absolute Gasteiger partial charge is 0.217 e. The third-order valence-corrected chi connectivity index (χ3v) is 4.18. The van der Waals surface area contributed by atoms with E-state index in [4.69, 9.17) is 62.7 Å². The summed E-state index contributed by atoms with van der Waals surface area (Å²) in [5.74, 6) is 0. The Kier molecular flexibility index (Phi) is 4.22. The Hall–Kier alpha value is 0.630. The summed E-state index contributed by atoms with van der Waals surface area (Å²) in [6.07, 6.45) is 1.51. The van der Waals surface area contributed by atoms with Crippen LogP contribution >= 0.6 is 58.0 Å². The Balaban J connectivity index is 3.05. The van der Waals surface area contributed by atoms with Crippen molar-refractivity contribution in [2.45, 2.75) is 5.06 Å². The van der Waals surface area contributed by atoms with Gasteiger partial charge in [-0.05, 0) is 0 Å². The predicted octanol–water partition coefficient (Wildman–Crippen LogP) is 4.52. The molecule has 0 spiro atoms. The minimum Gasteiger partial charge on any atom is -0.346 e. The van der Waals surface area contributed by atoms with E-state index in [-0.39, 0.29) is 26.7 Å². The lowest BCUT2D eigenvalue weighted by Crippen LogP contribution is -2.24. The summed E-state index contributed by atoms with van der Waals surface area (Å²) in [7, 11) is 0. The Morgan fingerprint density at radius 2 is 1.57 bits per heavy atom. The van der Waals surface area contributed by atoms with Crippen LogP contribution in [0.4, 0.5) is 0 Å². The van der Waals surface area contributed by atoms with Crippen molar-refractivity contribution in [3.8, 4) is 0 Å². The molecule has 0 saturated carbocycles. The van der Waals surface area contributed by atoms with Crippen molar-refractivity contribution in [3.63, 3.8) is 0 Å². The molecular weight excluding hydrogens is 289 g/mol. The summed E-state index contributed by atoms with van der Waals surface area (Å²) in [5.41, 5.74) is 0. The molecule has 1 rings (SSSR count). The van der Waals surface area contributed by atoms with Gasteiger partial charge < -0.3 is 4.74 Å². The first-order chi connectivity index (χ1) is 6.45. The normalized spacial score (nSPS) is 20.6.